The van der Waals surface area contributed by atoms with E-state index in [1.807, 2.05) is 0 Å². The van der Waals surface area contributed by atoms with Gasteiger partial charge in [-0.3, -0.25) is 0 Å². The van der Waals surface area contributed by atoms with Crippen molar-refractivity contribution in [2.24, 2.45) is 0 Å². The molecule has 0 radical (unpaired) electrons. The van der Waals surface area contributed by atoms with Crippen molar-refractivity contribution in [2.45, 2.75) is 0 Å². The van der Waals surface area contributed by atoms with Gasteiger partial charge >= 0.3 is 6.16 Å². The number of carbonyl (C=O) groups is 1. The van der Waals surface area contributed by atoms with E-state index in [4.69, 9.17) is 10.8 Å². The molecule has 0 aliphatic carbocycles. The van der Waals surface area contributed by atoms with E-state index >= 15 is 0 Å². The van der Waals surface area contributed by atoms with E-state index in [0.717, 1.165) is 0 Å². The maximum atomic E-state index is 10.0. The Hall–Kier alpha value is -1.78. The van der Waals surface area contributed by atoms with Crippen molar-refractivity contribution in [3.8, 4) is 5.75 Å². The van der Waals surface area contributed by atoms with Crippen LogP contribution in [0.2, 0.25) is 0 Å². The predicted octanol–water partition coefficient (Wildman–Crippen LogP) is 0.721. The molecule has 0 bridgehead atoms. The third-order valence-electron chi connectivity index (χ3n) is 0.997. The maximum Gasteiger partial charge on any atom is 0.511 e. The van der Waals surface area contributed by atoms with Gasteiger partial charge in [0.05, 0.1) is 0 Å². The molecule has 1 aromatic heterocycles. The van der Waals surface area contributed by atoms with Crippen molar-refractivity contribution < 1.29 is 14.6 Å². The van der Waals surface area contributed by atoms with E-state index in [9.17, 15) is 4.79 Å². The normalized spacial score (nSPS) is 9.09. The Labute approximate surface area is 62.4 Å². The first kappa shape index (κ1) is 7.33. The van der Waals surface area contributed by atoms with Crippen molar-refractivity contribution in [3.05, 3.63) is 18.3 Å². The molecule has 11 heavy (non-hydrogen) atoms. The number of hydrogen-bond donors (Lipinski definition) is 2. The van der Waals surface area contributed by atoms with Gasteiger partial charge in [0.25, 0.3) is 0 Å². The minimum Gasteiger partial charge on any atom is -0.449 e. The zero-order chi connectivity index (χ0) is 8.27. The van der Waals surface area contributed by atoms with E-state index in [0.29, 0.717) is 0 Å². The summed E-state index contributed by atoms with van der Waals surface area (Å²) in [5, 5.41) is 8.19. The molecule has 1 rings (SSSR count). The van der Waals surface area contributed by atoms with Crippen molar-refractivity contribution in [1.29, 1.82) is 0 Å². The highest BCUT2D eigenvalue weighted by atomic mass is 16.7. The van der Waals surface area contributed by atoms with Gasteiger partial charge in [-0.1, -0.05) is 0 Å². The average Bonchev–Trinajstić information content (AvgIpc) is 1.93. The number of aromatic nitrogens is 1. The van der Waals surface area contributed by atoms with Crippen molar-refractivity contribution in [1.82, 2.24) is 4.98 Å². The van der Waals surface area contributed by atoms with Crippen LogP contribution in [0.4, 0.5) is 10.6 Å². The molecule has 58 valence electrons. The number of ether oxygens (including phenoxy) is 1. The second-order valence-electron chi connectivity index (χ2n) is 1.75. The monoisotopic (exact) mass is 154 g/mol. The lowest BCUT2D eigenvalue weighted by Gasteiger charge is -2.00. The van der Waals surface area contributed by atoms with E-state index in [1.165, 1.54) is 18.3 Å². The molecule has 0 spiro atoms. The Kier molecular flexibility index (Phi) is 1.91. The van der Waals surface area contributed by atoms with Crippen LogP contribution in [0.15, 0.2) is 18.3 Å². The molecule has 0 aliphatic heterocycles. The van der Waals surface area contributed by atoms with Crippen LogP contribution < -0.4 is 10.5 Å². The van der Waals surface area contributed by atoms with Crippen LogP contribution in [-0.4, -0.2) is 16.2 Å². The van der Waals surface area contributed by atoms with Crippen molar-refractivity contribution in [3.63, 3.8) is 0 Å². The summed E-state index contributed by atoms with van der Waals surface area (Å²) in [5.74, 6) is 0.120. The number of anilines is 1. The highest BCUT2D eigenvalue weighted by Crippen LogP contribution is 2.16. The summed E-state index contributed by atoms with van der Waals surface area (Å²) in [6.07, 6.45) is 0.0500. The smallest absolute Gasteiger partial charge is 0.449 e. The van der Waals surface area contributed by atoms with Crippen LogP contribution in [0, 0.1) is 0 Å². The van der Waals surface area contributed by atoms with Crippen LogP contribution in [0.25, 0.3) is 0 Å². The quantitative estimate of drug-likeness (QED) is 0.582. The second kappa shape index (κ2) is 2.87. The molecule has 0 fully saturated rings. The van der Waals surface area contributed by atoms with Gasteiger partial charge in [-0.15, -0.1) is 0 Å². The predicted molar refractivity (Wildman–Crippen MR) is 37.3 cm³/mol. The summed E-state index contributed by atoms with van der Waals surface area (Å²) in [5.41, 5.74) is 5.27. The molecule has 0 saturated heterocycles. The van der Waals surface area contributed by atoms with Gasteiger partial charge in [0, 0.05) is 6.20 Å². The summed E-state index contributed by atoms with van der Waals surface area (Å²) in [6, 6.07) is 2.96. The highest BCUT2D eigenvalue weighted by molar-refractivity contribution is 5.64. The lowest BCUT2D eigenvalue weighted by atomic mass is 10.4. The fourth-order valence-electron chi connectivity index (χ4n) is 0.583. The van der Waals surface area contributed by atoms with Gasteiger partial charge in [0.15, 0.2) is 11.6 Å². The zero-order valence-corrected chi connectivity index (χ0v) is 5.52. The number of nitrogens with two attached hydrogens (primary N) is 1. The molecule has 1 heterocycles. The van der Waals surface area contributed by atoms with Gasteiger partial charge in [-0.05, 0) is 12.1 Å². The molecule has 5 nitrogen and oxygen atoms in total. The number of hydrogen-bond acceptors (Lipinski definition) is 4. The Balaban J connectivity index is 2.86. The lowest BCUT2D eigenvalue weighted by molar-refractivity contribution is 0.144. The summed E-state index contributed by atoms with van der Waals surface area (Å²) in [7, 11) is 0. The standard InChI is InChI=1S/C6H6N2O3/c7-5-4(11-6(9)10)2-1-3-8-5/h1-3H,(H2,7,8)(H,9,10). The van der Waals surface area contributed by atoms with Crippen molar-refractivity contribution >= 4 is 12.0 Å². The molecule has 0 unspecified atom stereocenters. The van der Waals surface area contributed by atoms with Crippen molar-refractivity contribution in [2.75, 3.05) is 5.73 Å². The van der Waals surface area contributed by atoms with Gasteiger partial charge in [-0.2, -0.15) is 0 Å². The molecule has 3 N–H and O–H groups in total. The summed E-state index contributed by atoms with van der Waals surface area (Å²) >= 11 is 0. The summed E-state index contributed by atoms with van der Waals surface area (Å²) in [4.78, 5) is 13.6. The molecule has 5 heteroatoms. The van der Waals surface area contributed by atoms with Crippen LogP contribution in [0.3, 0.4) is 0 Å². The minimum atomic E-state index is -1.40. The largest absolute Gasteiger partial charge is 0.511 e. The van der Waals surface area contributed by atoms with Gasteiger partial charge in [0.2, 0.25) is 0 Å². The molecular weight excluding hydrogens is 148 g/mol. The Morgan fingerprint density at radius 1 is 1.73 bits per heavy atom. The van der Waals surface area contributed by atoms with E-state index in [-0.39, 0.29) is 11.6 Å². The fourth-order valence-corrected chi connectivity index (χ4v) is 0.583. The third-order valence-corrected chi connectivity index (χ3v) is 0.997. The first-order valence-corrected chi connectivity index (χ1v) is 2.81. The van der Waals surface area contributed by atoms with E-state index in [2.05, 4.69) is 9.72 Å². The molecule has 0 aliphatic rings. The number of carboxylic acid groups (broad SMARTS) is 1. The molecule has 0 amide bonds. The summed E-state index contributed by atoms with van der Waals surface area (Å²) in [6.45, 7) is 0. The second-order valence-corrected chi connectivity index (χ2v) is 1.75. The van der Waals surface area contributed by atoms with Crippen LogP contribution >= 0.6 is 0 Å². The minimum absolute atomic E-state index is 0.0556. The average molecular weight is 154 g/mol. The van der Waals surface area contributed by atoms with E-state index in [1.54, 1.807) is 0 Å². The van der Waals surface area contributed by atoms with Gasteiger partial charge in [0.1, 0.15) is 0 Å². The number of nitrogens with zero attached hydrogens (tertiary/aromatic N) is 1. The topological polar surface area (TPSA) is 85.4 Å². The van der Waals surface area contributed by atoms with Crippen LogP contribution in [-0.2, 0) is 0 Å². The first-order chi connectivity index (χ1) is 5.20. The van der Waals surface area contributed by atoms with Crippen LogP contribution in [0.1, 0.15) is 0 Å². The lowest BCUT2D eigenvalue weighted by Crippen LogP contribution is -2.05. The van der Waals surface area contributed by atoms with Crippen LogP contribution in [0.5, 0.6) is 5.75 Å². The Bertz CT molecular complexity index is 274. The number of rotatable bonds is 1. The molecular formula is C6H6N2O3. The fraction of sp³-hybridized carbons (Fsp3) is 0. The maximum absolute atomic E-state index is 10.0. The van der Waals surface area contributed by atoms with Gasteiger partial charge < -0.3 is 15.6 Å². The Morgan fingerprint density at radius 2 is 2.45 bits per heavy atom. The first-order valence-electron chi connectivity index (χ1n) is 2.81. The molecule has 0 aromatic carbocycles. The molecule has 1 aromatic rings. The Morgan fingerprint density at radius 3 is 3.00 bits per heavy atom. The molecule has 0 atom stereocenters. The molecule has 0 saturated carbocycles. The van der Waals surface area contributed by atoms with E-state index < -0.39 is 6.16 Å². The van der Waals surface area contributed by atoms with Gasteiger partial charge in [-0.25, -0.2) is 9.78 Å². The zero-order valence-electron chi connectivity index (χ0n) is 5.52. The highest BCUT2D eigenvalue weighted by Gasteiger charge is 2.03. The summed E-state index contributed by atoms with van der Waals surface area (Å²) < 4.78 is 4.27. The SMILES string of the molecule is Nc1ncccc1OC(=O)O. The third kappa shape index (κ3) is 1.82. The number of nitrogen functional groups attached to an aromatic ring is 1. The number of pyridine rings is 1.